The van der Waals surface area contributed by atoms with Crippen molar-refractivity contribution in [3.8, 4) is 5.69 Å². The fourth-order valence-electron chi connectivity index (χ4n) is 3.02. The number of rotatable bonds is 6. The fourth-order valence-corrected chi connectivity index (χ4v) is 3.29. The molecule has 2 N–H and O–H groups in total. The Morgan fingerprint density at radius 2 is 1.75 bits per heavy atom. The van der Waals surface area contributed by atoms with Gasteiger partial charge in [-0.25, -0.2) is 9.48 Å². The third-order valence-electron chi connectivity index (χ3n) is 4.50. The minimum atomic E-state index is -4.83. The van der Waals surface area contributed by atoms with Gasteiger partial charge >= 0.3 is 12.3 Å². The maximum Gasteiger partial charge on any atom is 0.417 e. The van der Waals surface area contributed by atoms with E-state index in [2.05, 4.69) is 20.9 Å². The molecule has 1 heterocycles. The summed E-state index contributed by atoms with van der Waals surface area (Å²) in [5.74, 6) is -1.50. The fraction of sp³-hybridized carbons (Fsp3) is 0.261. The Bertz CT molecular complexity index is 1290. The number of amides is 2. The number of ether oxygens (including phenoxy) is 1. The van der Waals surface area contributed by atoms with Crippen molar-refractivity contribution in [2.24, 2.45) is 0 Å². The summed E-state index contributed by atoms with van der Waals surface area (Å²) >= 11 is 5.77. The third kappa shape index (κ3) is 7.04. The van der Waals surface area contributed by atoms with Crippen LogP contribution < -0.4 is 10.6 Å². The van der Waals surface area contributed by atoms with Crippen molar-refractivity contribution in [3.63, 3.8) is 0 Å². The van der Waals surface area contributed by atoms with Gasteiger partial charge in [0, 0.05) is 5.56 Å². The first kappa shape index (κ1) is 26.7. The number of anilines is 2. The molecule has 2 aromatic carbocycles. The Morgan fingerprint density at radius 3 is 2.36 bits per heavy atom. The number of nitrogens with zero attached hydrogens (tertiary/aromatic N) is 3. The zero-order chi connectivity index (χ0) is 26.7. The molecule has 0 saturated carbocycles. The van der Waals surface area contributed by atoms with Crippen molar-refractivity contribution in [2.75, 3.05) is 10.6 Å². The first-order valence-electron chi connectivity index (χ1n) is 10.4. The van der Waals surface area contributed by atoms with Gasteiger partial charge in [0.1, 0.15) is 5.60 Å². The van der Waals surface area contributed by atoms with Crippen molar-refractivity contribution >= 4 is 40.8 Å². The molecule has 36 heavy (non-hydrogen) atoms. The molecule has 3 aromatic rings. The van der Waals surface area contributed by atoms with Gasteiger partial charge in [0.25, 0.3) is 0 Å². The number of halogens is 4. The van der Waals surface area contributed by atoms with Gasteiger partial charge in [-0.15, -0.1) is 5.10 Å². The highest BCUT2D eigenvalue weighted by Crippen LogP contribution is 2.39. The number of hydrogen-bond acceptors (Lipinski definition) is 6. The number of Topliss-reactive ketones (excluding diaryl/α,β-unsaturated/α-hetero) is 1. The number of benzene rings is 2. The second kappa shape index (κ2) is 10.4. The SMILES string of the molecule is CC(C)(C)OC(=O)Nc1cc(Cl)c(C(F)(F)F)cc1NC(=O)CC(=O)c1cccc(-n2ccnn2)c1. The van der Waals surface area contributed by atoms with Gasteiger partial charge in [-0.2, -0.15) is 13.2 Å². The van der Waals surface area contributed by atoms with E-state index in [0.717, 1.165) is 6.07 Å². The molecule has 9 nitrogen and oxygen atoms in total. The van der Waals surface area contributed by atoms with Gasteiger partial charge < -0.3 is 10.1 Å². The topological polar surface area (TPSA) is 115 Å². The van der Waals surface area contributed by atoms with Crippen molar-refractivity contribution in [2.45, 2.75) is 39.0 Å². The summed E-state index contributed by atoms with van der Waals surface area (Å²) in [6, 6.07) is 7.64. The minimum absolute atomic E-state index is 0.178. The summed E-state index contributed by atoms with van der Waals surface area (Å²) < 4.78 is 46.7. The van der Waals surface area contributed by atoms with Crippen LogP contribution >= 0.6 is 11.6 Å². The monoisotopic (exact) mass is 523 g/mol. The van der Waals surface area contributed by atoms with E-state index in [1.165, 1.54) is 23.0 Å². The standard InChI is InChI=1S/C23H21ClF3N5O4/c1-22(2,3)36-21(35)30-18-11-16(24)15(23(25,26)27)10-17(18)29-20(34)12-19(33)13-5-4-6-14(9-13)32-8-7-28-31-32/h4-11H,12H2,1-3H3,(H,29,34)(H,30,35). The Balaban J connectivity index is 1.83. The van der Waals surface area contributed by atoms with Crippen molar-refractivity contribution in [1.29, 1.82) is 0 Å². The summed E-state index contributed by atoms with van der Waals surface area (Å²) in [6.45, 7) is 4.79. The highest BCUT2D eigenvalue weighted by Gasteiger charge is 2.34. The average Bonchev–Trinajstić information content (AvgIpc) is 3.28. The van der Waals surface area contributed by atoms with Crippen LogP contribution in [0.1, 0.15) is 43.1 Å². The van der Waals surface area contributed by atoms with E-state index < -0.39 is 52.3 Å². The Kier molecular flexibility index (Phi) is 7.68. The molecule has 2 amide bonds. The van der Waals surface area contributed by atoms with Gasteiger partial charge in [0.2, 0.25) is 5.91 Å². The van der Waals surface area contributed by atoms with E-state index in [9.17, 15) is 27.6 Å². The van der Waals surface area contributed by atoms with Crippen LogP contribution in [0.5, 0.6) is 0 Å². The molecule has 1 aromatic heterocycles. The van der Waals surface area contributed by atoms with Gasteiger partial charge in [0.05, 0.1) is 46.5 Å². The molecule has 3 rings (SSSR count). The molecule has 0 bridgehead atoms. The Morgan fingerprint density at radius 1 is 1.06 bits per heavy atom. The van der Waals surface area contributed by atoms with Gasteiger partial charge in [0.15, 0.2) is 5.78 Å². The van der Waals surface area contributed by atoms with E-state index >= 15 is 0 Å². The lowest BCUT2D eigenvalue weighted by Gasteiger charge is -2.21. The van der Waals surface area contributed by atoms with Gasteiger partial charge in [-0.3, -0.25) is 14.9 Å². The van der Waals surface area contributed by atoms with E-state index in [1.54, 1.807) is 39.1 Å². The van der Waals surface area contributed by atoms with E-state index in [-0.39, 0.29) is 11.3 Å². The first-order valence-corrected chi connectivity index (χ1v) is 10.8. The number of carbonyl (C=O) groups excluding carboxylic acids is 3. The van der Waals surface area contributed by atoms with Crippen molar-refractivity contribution < 1.29 is 32.3 Å². The zero-order valence-corrected chi connectivity index (χ0v) is 20.1. The second-order valence-corrected chi connectivity index (χ2v) is 8.96. The molecular formula is C23H21ClF3N5O4. The second-order valence-electron chi connectivity index (χ2n) is 8.55. The van der Waals surface area contributed by atoms with E-state index in [0.29, 0.717) is 11.8 Å². The van der Waals surface area contributed by atoms with Crippen LogP contribution in [0.3, 0.4) is 0 Å². The minimum Gasteiger partial charge on any atom is -0.444 e. The molecule has 190 valence electrons. The summed E-state index contributed by atoms with van der Waals surface area (Å²) in [5.41, 5.74) is -2.08. The predicted octanol–water partition coefficient (Wildman–Crippen LogP) is 5.50. The number of aromatic nitrogens is 3. The molecule has 0 spiro atoms. The van der Waals surface area contributed by atoms with Crippen LogP contribution in [0.4, 0.5) is 29.3 Å². The van der Waals surface area contributed by atoms with Gasteiger partial charge in [-0.1, -0.05) is 28.9 Å². The zero-order valence-electron chi connectivity index (χ0n) is 19.3. The molecule has 0 unspecified atom stereocenters. The first-order chi connectivity index (χ1) is 16.7. The van der Waals surface area contributed by atoms with Crippen LogP contribution in [-0.2, 0) is 15.7 Å². The molecule has 0 aliphatic rings. The largest absolute Gasteiger partial charge is 0.444 e. The van der Waals surface area contributed by atoms with Crippen LogP contribution in [0.25, 0.3) is 5.69 Å². The summed E-state index contributed by atoms with van der Waals surface area (Å²) in [7, 11) is 0. The molecule has 0 radical (unpaired) electrons. The maximum atomic E-state index is 13.4. The number of alkyl halides is 3. The van der Waals surface area contributed by atoms with E-state index in [1.807, 2.05) is 0 Å². The Labute approximate surface area is 208 Å². The molecule has 0 saturated heterocycles. The van der Waals surface area contributed by atoms with Crippen molar-refractivity contribution in [1.82, 2.24) is 15.0 Å². The number of carbonyl (C=O) groups is 3. The molecule has 0 fully saturated rings. The highest BCUT2D eigenvalue weighted by atomic mass is 35.5. The lowest BCUT2D eigenvalue weighted by atomic mass is 10.1. The molecule has 0 aliphatic carbocycles. The third-order valence-corrected chi connectivity index (χ3v) is 4.81. The number of nitrogens with one attached hydrogen (secondary N) is 2. The normalized spacial score (nSPS) is 11.6. The molecule has 0 aliphatic heterocycles. The average molecular weight is 524 g/mol. The molecule has 0 atom stereocenters. The summed E-state index contributed by atoms with van der Waals surface area (Å²) in [6.07, 6.45) is -3.48. The van der Waals surface area contributed by atoms with Crippen LogP contribution in [-0.4, -0.2) is 38.4 Å². The molecule has 13 heteroatoms. The lowest BCUT2D eigenvalue weighted by Crippen LogP contribution is -2.28. The van der Waals surface area contributed by atoms with Crippen molar-refractivity contribution in [3.05, 3.63) is 64.9 Å². The highest BCUT2D eigenvalue weighted by molar-refractivity contribution is 6.32. The maximum absolute atomic E-state index is 13.4. The quantitative estimate of drug-likeness (QED) is 0.326. The molecular weight excluding hydrogens is 503 g/mol. The number of ketones is 1. The summed E-state index contributed by atoms with van der Waals surface area (Å²) in [5, 5.41) is 11.3. The van der Waals surface area contributed by atoms with Crippen LogP contribution in [0, 0.1) is 0 Å². The lowest BCUT2D eigenvalue weighted by molar-refractivity contribution is -0.137. The predicted molar refractivity (Wildman–Crippen MR) is 125 cm³/mol. The Hall–Kier alpha value is -3.93. The van der Waals surface area contributed by atoms with Gasteiger partial charge in [-0.05, 0) is 45.0 Å². The van der Waals surface area contributed by atoms with Crippen LogP contribution in [0.2, 0.25) is 5.02 Å². The van der Waals surface area contributed by atoms with Crippen LogP contribution in [0.15, 0.2) is 48.8 Å². The summed E-state index contributed by atoms with van der Waals surface area (Å²) in [4.78, 5) is 37.4. The number of hydrogen-bond donors (Lipinski definition) is 2. The van der Waals surface area contributed by atoms with E-state index in [4.69, 9.17) is 16.3 Å². The smallest absolute Gasteiger partial charge is 0.417 e.